The number of hydrogen-bond donors (Lipinski definition) is 0. The van der Waals surface area contributed by atoms with Crippen molar-refractivity contribution in [2.75, 3.05) is 0 Å². The third-order valence-electron chi connectivity index (χ3n) is 10.3. The SMILES string of the molecule is c1ccc2cc(-c3ccc(-c4nc5ccccc5nc4-n4c5cccc6c5c5c(cccc54)-c4cccc5cccc-6c45)cc3)ccc2c1. The van der Waals surface area contributed by atoms with E-state index in [-0.39, 0.29) is 0 Å². The van der Waals surface area contributed by atoms with Crippen LogP contribution in [0.5, 0.6) is 0 Å². The fraction of sp³-hybridized carbons (Fsp3) is 0. The first kappa shape index (κ1) is 26.5. The van der Waals surface area contributed by atoms with Gasteiger partial charge in [-0.15, -0.1) is 0 Å². The highest BCUT2D eigenvalue weighted by molar-refractivity contribution is 6.27. The Morgan fingerprint density at radius 3 is 1.53 bits per heavy atom. The third kappa shape index (κ3) is 3.78. The number of benzene rings is 8. The van der Waals surface area contributed by atoms with E-state index in [1.54, 1.807) is 0 Å². The Kier molecular flexibility index (Phi) is 5.38. The predicted molar refractivity (Wildman–Crippen MR) is 204 cm³/mol. The number of para-hydroxylation sites is 2. The molecule has 0 unspecified atom stereocenters. The minimum Gasteiger partial charge on any atom is -0.292 e. The lowest BCUT2D eigenvalue weighted by Crippen LogP contribution is -2.04. The van der Waals surface area contributed by atoms with Crippen LogP contribution in [0.1, 0.15) is 0 Å². The average Bonchev–Trinajstić information content (AvgIpc) is 3.45. The second-order valence-electron chi connectivity index (χ2n) is 13.0. The minimum atomic E-state index is 0.832. The van der Waals surface area contributed by atoms with Crippen LogP contribution < -0.4 is 0 Å². The van der Waals surface area contributed by atoms with Gasteiger partial charge in [0, 0.05) is 16.3 Å². The van der Waals surface area contributed by atoms with Crippen molar-refractivity contribution in [3.05, 3.63) is 164 Å². The van der Waals surface area contributed by atoms with Gasteiger partial charge in [-0.05, 0) is 85.3 Å². The first-order valence-corrected chi connectivity index (χ1v) is 16.8. The zero-order chi connectivity index (χ0) is 32.1. The van der Waals surface area contributed by atoms with E-state index >= 15 is 0 Å². The summed E-state index contributed by atoms with van der Waals surface area (Å²) in [7, 11) is 0. The lowest BCUT2D eigenvalue weighted by molar-refractivity contribution is 1.08. The summed E-state index contributed by atoms with van der Waals surface area (Å²) in [5.74, 6) is 0.832. The van der Waals surface area contributed by atoms with Crippen LogP contribution in [0, 0.1) is 0 Å². The van der Waals surface area contributed by atoms with Gasteiger partial charge in [0.05, 0.1) is 22.1 Å². The molecule has 3 nitrogen and oxygen atoms in total. The molecule has 226 valence electrons. The molecule has 0 radical (unpaired) electrons. The summed E-state index contributed by atoms with van der Waals surface area (Å²) < 4.78 is 2.34. The van der Waals surface area contributed by atoms with Crippen molar-refractivity contribution in [2.45, 2.75) is 0 Å². The number of rotatable bonds is 3. The predicted octanol–water partition coefficient (Wildman–Crippen LogP) is 12.0. The topological polar surface area (TPSA) is 30.7 Å². The van der Waals surface area contributed by atoms with Gasteiger partial charge in [-0.3, -0.25) is 4.57 Å². The number of nitrogens with zero attached hydrogens (tertiary/aromatic N) is 3. The zero-order valence-electron chi connectivity index (χ0n) is 26.4. The maximum absolute atomic E-state index is 5.40. The van der Waals surface area contributed by atoms with Crippen LogP contribution in [-0.2, 0) is 0 Å². The summed E-state index contributed by atoms with van der Waals surface area (Å²) in [6.45, 7) is 0. The molecule has 0 amide bonds. The minimum absolute atomic E-state index is 0.832. The van der Waals surface area contributed by atoms with Crippen LogP contribution in [0.2, 0.25) is 0 Å². The summed E-state index contributed by atoms with van der Waals surface area (Å²) in [4.78, 5) is 10.7. The Labute approximate surface area is 282 Å². The van der Waals surface area contributed by atoms with Crippen molar-refractivity contribution >= 4 is 54.4 Å². The molecule has 0 atom stereocenters. The van der Waals surface area contributed by atoms with Crippen molar-refractivity contribution < 1.29 is 0 Å². The Morgan fingerprint density at radius 2 is 0.857 bits per heavy atom. The first-order chi connectivity index (χ1) is 24.3. The molecule has 10 aromatic rings. The van der Waals surface area contributed by atoms with E-state index in [1.807, 2.05) is 12.1 Å². The van der Waals surface area contributed by atoms with Crippen molar-refractivity contribution in [1.29, 1.82) is 0 Å². The molecule has 1 aliphatic rings. The van der Waals surface area contributed by atoms with Crippen LogP contribution in [0.15, 0.2) is 164 Å². The molecule has 0 spiro atoms. The summed E-state index contributed by atoms with van der Waals surface area (Å²) in [6.07, 6.45) is 0. The summed E-state index contributed by atoms with van der Waals surface area (Å²) in [5, 5.41) is 7.57. The van der Waals surface area contributed by atoms with Gasteiger partial charge in [-0.1, -0.05) is 133 Å². The molecule has 0 aliphatic heterocycles. The van der Waals surface area contributed by atoms with Gasteiger partial charge in [0.25, 0.3) is 0 Å². The Bertz CT molecular complexity index is 2890. The Balaban J connectivity index is 1.18. The van der Waals surface area contributed by atoms with E-state index in [2.05, 4.69) is 156 Å². The lowest BCUT2D eigenvalue weighted by Gasteiger charge is -2.16. The summed E-state index contributed by atoms with van der Waals surface area (Å²) >= 11 is 0. The number of fused-ring (bicyclic) bond motifs is 4. The monoisotopic (exact) mass is 621 g/mol. The second kappa shape index (κ2) is 9.96. The second-order valence-corrected chi connectivity index (χ2v) is 13.0. The molecule has 2 heterocycles. The Hall–Kier alpha value is -6.58. The molecule has 0 bridgehead atoms. The van der Waals surface area contributed by atoms with Crippen LogP contribution in [0.25, 0.3) is 105 Å². The van der Waals surface area contributed by atoms with Crippen molar-refractivity contribution in [2.24, 2.45) is 0 Å². The standard InChI is InChI=1S/C46H27N3/c1-2-10-32-27-33(26-23-28(32)9-1)29-21-24-31(25-22-29)45-46(48-39-18-4-3-17-38(39)47-45)49-40-19-7-15-36-34-13-5-11-30-12-6-14-35(42(30)34)37-16-8-20-41(49)44(37)43(36)40/h1-27H. The normalized spacial score (nSPS) is 12.1. The molecule has 0 fully saturated rings. The highest BCUT2D eigenvalue weighted by atomic mass is 15.1. The van der Waals surface area contributed by atoms with Gasteiger partial charge < -0.3 is 0 Å². The van der Waals surface area contributed by atoms with E-state index < -0.39 is 0 Å². The molecule has 0 saturated carbocycles. The van der Waals surface area contributed by atoms with Gasteiger partial charge in [-0.25, -0.2) is 9.97 Å². The van der Waals surface area contributed by atoms with E-state index in [4.69, 9.17) is 9.97 Å². The van der Waals surface area contributed by atoms with Gasteiger partial charge in [0.15, 0.2) is 5.82 Å². The molecule has 8 aromatic carbocycles. The fourth-order valence-electron chi connectivity index (χ4n) is 8.10. The highest BCUT2D eigenvalue weighted by Crippen LogP contribution is 2.49. The third-order valence-corrected chi connectivity index (χ3v) is 10.3. The first-order valence-electron chi connectivity index (χ1n) is 16.8. The molecule has 3 heteroatoms. The van der Waals surface area contributed by atoms with Gasteiger partial charge in [0.2, 0.25) is 0 Å². The molecule has 0 saturated heterocycles. The van der Waals surface area contributed by atoms with Gasteiger partial charge in [-0.2, -0.15) is 0 Å². The fourth-order valence-corrected chi connectivity index (χ4v) is 8.10. The van der Waals surface area contributed by atoms with Crippen LogP contribution in [-0.4, -0.2) is 14.5 Å². The van der Waals surface area contributed by atoms with E-state index in [0.29, 0.717) is 0 Å². The van der Waals surface area contributed by atoms with E-state index in [0.717, 1.165) is 39.1 Å². The maximum atomic E-state index is 5.40. The van der Waals surface area contributed by atoms with Crippen molar-refractivity contribution in [3.8, 4) is 50.5 Å². The maximum Gasteiger partial charge on any atom is 0.165 e. The van der Waals surface area contributed by atoms with Crippen molar-refractivity contribution in [3.63, 3.8) is 0 Å². The largest absolute Gasteiger partial charge is 0.292 e. The van der Waals surface area contributed by atoms with E-state index in [1.165, 1.54) is 65.7 Å². The molecule has 2 aromatic heterocycles. The van der Waals surface area contributed by atoms with Gasteiger partial charge >= 0.3 is 0 Å². The molecule has 1 aliphatic carbocycles. The van der Waals surface area contributed by atoms with Gasteiger partial charge in [0.1, 0.15) is 5.69 Å². The number of hydrogen-bond acceptors (Lipinski definition) is 2. The van der Waals surface area contributed by atoms with Crippen LogP contribution >= 0.6 is 0 Å². The zero-order valence-corrected chi connectivity index (χ0v) is 26.4. The van der Waals surface area contributed by atoms with Crippen molar-refractivity contribution in [1.82, 2.24) is 14.5 Å². The molecule has 11 rings (SSSR count). The van der Waals surface area contributed by atoms with Crippen LogP contribution in [0.3, 0.4) is 0 Å². The molecule has 49 heavy (non-hydrogen) atoms. The lowest BCUT2D eigenvalue weighted by atomic mass is 9.93. The highest BCUT2D eigenvalue weighted by Gasteiger charge is 2.26. The van der Waals surface area contributed by atoms with Crippen LogP contribution in [0.4, 0.5) is 0 Å². The average molecular weight is 622 g/mol. The molecular weight excluding hydrogens is 595 g/mol. The quantitative estimate of drug-likeness (QED) is 0.196. The van der Waals surface area contributed by atoms with E-state index in [9.17, 15) is 0 Å². The number of aromatic nitrogens is 3. The molecule has 0 N–H and O–H groups in total. The smallest absolute Gasteiger partial charge is 0.165 e. The molecular formula is C46H27N3. The Morgan fingerprint density at radius 1 is 0.347 bits per heavy atom. The summed E-state index contributed by atoms with van der Waals surface area (Å²) in [5.41, 5.74) is 13.3. The summed E-state index contributed by atoms with van der Waals surface area (Å²) in [6, 6.07) is 58.9.